The smallest absolute Gasteiger partial charge is 0.180 e. The Kier molecular flexibility index (Phi) is 5.93. The molecule has 0 spiro atoms. The normalized spacial score (nSPS) is 11.6. The van der Waals surface area contributed by atoms with E-state index < -0.39 is 0 Å². The summed E-state index contributed by atoms with van der Waals surface area (Å²) < 4.78 is 4.95. The highest BCUT2D eigenvalue weighted by Gasteiger charge is 2.07. The fraction of sp³-hybridized carbons (Fsp3) is 0.182. The summed E-state index contributed by atoms with van der Waals surface area (Å²) in [5.74, 6) is 1.64. The molecule has 4 aromatic heterocycles. The molecule has 9 nitrogen and oxygen atoms in total. The number of hydrogen-bond acceptors (Lipinski definition) is 9. The van der Waals surface area contributed by atoms with Crippen molar-refractivity contribution >= 4 is 34.5 Å². The molecule has 4 aromatic rings. The van der Waals surface area contributed by atoms with Gasteiger partial charge in [0.05, 0.1) is 29.5 Å². The lowest BCUT2D eigenvalue weighted by molar-refractivity contribution is 0.556. The summed E-state index contributed by atoms with van der Waals surface area (Å²) >= 11 is 0. The first-order valence-corrected chi connectivity index (χ1v) is 9.80. The Bertz CT molecular complexity index is 1220. The summed E-state index contributed by atoms with van der Waals surface area (Å²) in [5.41, 5.74) is 4.80. The molecule has 0 fully saturated rings. The van der Waals surface area contributed by atoms with Gasteiger partial charge in [0.2, 0.25) is 0 Å². The van der Waals surface area contributed by atoms with E-state index in [0.717, 1.165) is 22.3 Å². The molecule has 0 unspecified atom stereocenters. The second-order valence-electron chi connectivity index (χ2n) is 7.22. The lowest BCUT2D eigenvalue weighted by Gasteiger charge is -2.09. The zero-order chi connectivity index (χ0) is 21.6. The van der Waals surface area contributed by atoms with Crippen molar-refractivity contribution in [3.05, 3.63) is 72.3 Å². The van der Waals surface area contributed by atoms with Crippen molar-refractivity contribution in [2.45, 2.75) is 26.3 Å². The van der Waals surface area contributed by atoms with Crippen LogP contribution in [-0.2, 0) is 6.54 Å². The second kappa shape index (κ2) is 9.12. The van der Waals surface area contributed by atoms with Gasteiger partial charge in [-0.05, 0) is 35.7 Å². The van der Waals surface area contributed by atoms with Gasteiger partial charge in [-0.15, -0.1) is 5.10 Å². The summed E-state index contributed by atoms with van der Waals surface area (Å²) in [6, 6.07) is 7.61. The van der Waals surface area contributed by atoms with Crippen molar-refractivity contribution < 1.29 is 4.42 Å². The van der Waals surface area contributed by atoms with Gasteiger partial charge in [0.1, 0.15) is 12.1 Å². The summed E-state index contributed by atoms with van der Waals surface area (Å²) in [5, 5.41) is 22.3. The highest BCUT2D eigenvalue weighted by molar-refractivity contribution is 6.08. The molecule has 0 aromatic carbocycles. The maximum Gasteiger partial charge on any atom is 0.180 e. The quantitative estimate of drug-likeness (QED) is 0.369. The molecule has 31 heavy (non-hydrogen) atoms. The second-order valence-corrected chi connectivity index (χ2v) is 7.22. The van der Waals surface area contributed by atoms with E-state index in [1.165, 1.54) is 12.6 Å². The van der Waals surface area contributed by atoms with Crippen LogP contribution in [0.4, 0.5) is 11.6 Å². The van der Waals surface area contributed by atoms with Gasteiger partial charge >= 0.3 is 0 Å². The summed E-state index contributed by atoms with van der Waals surface area (Å²) in [6.45, 7) is 4.71. The first-order valence-electron chi connectivity index (χ1n) is 9.80. The number of oxazole rings is 1. The molecule has 9 heteroatoms. The maximum absolute atomic E-state index is 7.76. The fourth-order valence-corrected chi connectivity index (χ4v) is 2.92. The topological polar surface area (TPSA) is 126 Å². The van der Waals surface area contributed by atoms with E-state index in [1.54, 1.807) is 24.9 Å². The molecular formula is C22H22N8O. The third kappa shape index (κ3) is 4.89. The summed E-state index contributed by atoms with van der Waals surface area (Å²) in [4.78, 5) is 13.2. The average molecular weight is 414 g/mol. The van der Waals surface area contributed by atoms with Crippen molar-refractivity contribution in [3.63, 3.8) is 0 Å². The van der Waals surface area contributed by atoms with Crippen LogP contribution < -0.4 is 10.6 Å². The molecule has 3 N–H and O–H groups in total. The first kappa shape index (κ1) is 20.1. The molecule has 0 amide bonds. The zero-order valence-electron chi connectivity index (χ0n) is 17.2. The van der Waals surface area contributed by atoms with E-state index in [9.17, 15) is 0 Å². The number of nitrogens with one attached hydrogen (secondary N) is 3. The number of anilines is 2. The molecule has 0 aliphatic carbocycles. The molecule has 4 heterocycles. The predicted octanol–water partition coefficient (Wildman–Crippen LogP) is 4.06. The molecule has 0 saturated heterocycles. The van der Waals surface area contributed by atoms with E-state index in [2.05, 4.69) is 49.6 Å². The van der Waals surface area contributed by atoms with Crippen LogP contribution in [0.3, 0.4) is 0 Å². The third-order valence-corrected chi connectivity index (χ3v) is 4.65. The molecular weight excluding hydrogens is 392 g/mol. The number of fused-ring (bicyclic) bond motifs is 1. The van der Waals surface area contributed by atoms with Crippen LogP contribution in [0, 0.1) is 5.41 Å². The molecule has 0 atom stereocenters. The Morgan fingerprint density at radius 1 is 1.13 bits per heavy atom. The molecule has 156 valence electrons. The lowest BCUT2D eigenvalue weighted by atomic mass is 10.1. The SMILES string of the molecule is CC(C)c1cnnc(Nc2ccc3ncc(/C(C=N)=C/NCc4cocn4)cc3n2)c1. The van der Waals surface area contributed by atoms with Gasteiger partial charge in [0.15, 0.2) is 12.2 Å². The number of pyridine rings is 2. The van der Waals surface area contributed by atoms with E-state index in [-0.39, 0.29) is 0 Å². The Labute approximate surface area is 179 Å². The number of aromatic nitrogens is 5. The van der Waals surface area contributed by atoms with Crippen LogP contribution in [0.15, 0.2) is 59.9 Å². The molecule has 0 aliphatic heterocycles. The van der Waals surface area contributed by atoms with Gasteiger partial charge in [-0.25, -0.2) is 9.97 Å². The minimum absolute atomic E-state index is 0.358. The van der Waals surface area contributed by atoms with Gasteiger partial charge in [0.25, 0.3) is 0 Å². The Balaban J connectivity index is 1.56. The fourth-order valence-electron chi connectivity index (χ4n) is 2.92. The van der Waals surface area contributed by atoms with Crippen LogP contribution >= 0.6 is 0 Å². The lowest BCUT2D eigenvalue weighted by Crippen LogP contribution is -2.06. The van der Waals surface area contributed by atoms with Gasteiger partial charge in [-0.3, -0.25) is 4.98 Å². The van der Waals surface area contributed by atoms with Crippen molar-refractivity contribution in [2.24, 2.45) is 0 Å². The Morgan fingerprint density at radius 2 is 2.03 bits per heavy atom. The van der Waals surface area contributed by atoms with E-state index >= 15 is 0 Å². The highest BCUT2D eigenvalue weighted by Crippen LogP contribution is 2.21. The molecule has 0 radical (unpaired) electrons. The molecule has 0 bridgehead atoms. The van der Waals surface area contributed by atoms with Crippen LogP contribution in [-0.4, -0.2) is 31.4 Å². The van der Waals surface area contributed by atoms with Crippen molar-refractivity contribution in [2.75, 3.05) is 5.32 Å². The largest absolute Gasteiger partial charge is 0.451 e. The van der Waals surface area contributed by atoms with Crippen molar-refractivity contribution in [1.29, 1.82) is 5.41 Å². The Hall–Kier alpha value is -4.14. The number of allylic oxidation sites excluding steroid dienone is 1. The van der Waals surface area contributed by atoms with Gasteiger partial charge in [0, 0.05) is 29.7 Å². The minimum atomic E-state index is 0.358. The van der Waals surface area contributed by atoms with Crippen LogP contribution in [0.2, 0.25) is 0 Å². The maximum atomic E-state index is 7.76. The monoisotopic (exact) mass is 414 g/mol. The summed E-state index contributed by atoms with van der Waals surface area (Å²) in [7, 11) is 0. The number of rotatable bonds is 8. The van der Waals surface area contributed by atoms with E-state index in [4.69, 9.17) is 9.83 Å². The zero-order valence-corrected chi connectivity index (χ0v) is 17.2. The van der Waals surface area contributed by atoms with Crippen LogP contribution in [0.5, 0.6) is 0 Å². The number of hydrogen-bond donors (Lipinski definition) is 3. The summed E-state index contributed by atoms with van der Waals surface area (Å²) in [6.07, 6.45) is 9.47. The van der Waals surface area contributed by atoms with E-state index in [1.807, 2.05) is 24.3 Å². The van der Waals surface area contributed by atoms with Gasteiger partial charge in [-0.1, -0.05) is 13.8 Å². The van der Waals surface area contributed by atoms with Crippen LogP contribution in [0.25, 0.3) is 16.6 Å². The van der Waals surface area contributed by atoms with Crippen LogP contribution in [0.1, 0.15) is 36.6 Å². The Morgan fingerprint density at radius 3 is 2.81 bits per heavy atom. The van der Waals surface area contributed by atoms with E-state index in [0.29, 0.717) is 35.2 Å². The van der Waals surface area contributed by atoms with Gasteiger partial charge < -0.3 is 20.5 Å². The highest BCUT2D eigenvalue weighted by atomic mass is 16.3. The predicted molar refractivity (Wildman–Crippen MR) is 119 cm³/mol. The average Bonchev–Trinajstić information content (AvgIpc) is 3.30. The molecule has 0 saturated carbocycles. The molecule has 4 rings (SSSR count). The van der Waals surface area contributed by atoms with Crippen molar-refractivity contribution in [1.82, 2.24) is 30.5 Å². The number of nitrogens with zero attached hydrogens (tertiary/aromatic N) is 5. The third-order valence-electron chi connectivity index (χ3n) is 4.65. The molecule has 0 aliphatic rings. The minimum Gasteiger partial charge on any atom is -0.451 e. The first-order chi connectivity index (χ1) is 15.1. The van der Waals surface area contributed by atoms with Crippen molar-refractivity contribution in [3.8, 4) is 0 Å². The van der Waals surface area contributed by atoms with Gasteiger partial charge in [-0.2, -0.15) is 5.10 Å². The standard InChI is InChI=1S/C22H22N8O/c1-14(2)15-6-22(30-27-10-15)29-21-4-3-19-20(28-21)5-16(9-25-19)17(7-23)8-24-11-18-12-31-13-26-18/h3-10,12-14,23-24H,11H2,1-2H3,(H,28,29,30)/b17-8+,23-7?.